The van der Waals surface area contributed by atoms with Crippen LogP contribution in [0.2, 0.25) is 10.0 Å². The Kier molecular flexibility index (Phi) is 8.43. The third kappa shape index (κ3) is 6.50. The number of nitrogens with zero attached hydrogens (tertiary/aromatic N) is 2. The van der Waals surface area contributed by atoms with Crippen LogP contribution < -0.4 is 15.0 Å². The predicted molar refractivity (Wildman–Crippen MR) is 159 cm³/mol. The fourth-order valence-electron chi connectivity index (χ4n) is 4.46. The van der Waals surface area contributed by atoms with Gasteiger partial charge in [0.15, 0.2) is 0 Å². The summed E-state index contributed by atoms with van der Waals surface area (Å²) in [6.07, 6.45) is 3.02. The van der Waals surface area contributed by atoms with Crippen LogP contribution in [0.25, 0.3) is 17.4 Å². The topological polar surface area (TPSA) is 75.0 Å². The summed E-state index contributed by atoms with van der Waals surface area (Å²) < 4.78 is 11.0. The standard InChI is InChI=1S/C31H27Cl2N3O4/c1-39-25-9-2-21(3-10-25)31(38)36-18-16-35(17-19-36)24-7-5-23(6-8-24)34-30(37)15-12-26-11-14-29(40-26)27-13-4-22(32)20-28(27)33/h2-15,20H,16-19H2,1H3,(H,34,37)/b15-12+. The van der Waals surface area contributed by atoms with Gasteiger partial charge in [-0.2, -0.15) is 0 Å². The number of ether oxygens (including phenoxy) is 1. The van der Waals surface area contributed by atoms with Gasteiger partial charge in [-0.05, 0) is 84.9 Å². The third-order valence-corrected chi connectivity index (χ3v) is 7.17. The van der Waals surface area contributed by atoms with E-state index in [1.54, 1.807) is 67.8 Å². The van der Waals surface area contributed by atoms with Gasteiger partial charge in [-0.1, -0.05) is 23.2 Å². The number of carbonyl (C=O) groups excluding carboxylic acids is 2. The molecule has 4 aromatic rings. The van der Waals surface area contributed by atoms with Crippen molar-refractivity contribution in [2.45, 2.75) is 0 Å². The average molecular weight is 576 g/mol. The lowest BCUT2D eigenvalue weighted by Crippen LogP contribution is -2.48. The van der Waals surface area contributed by atoms with E-state index >= 15 is 0 Å². The van der Waals surface area contributed by atoms with E-state index in [0.717, 1.165) is 30.1 Å². The van der Waals surface area contributed by atoms with Gasteiger partial charge in [-0.15, -0.1) is 0 Å². The Labute approximate surface area is 242 Å². The Bertz CT molecular complexity index is 1520. The normalized spacial score (nSPS) is 13.5. The van der Waals surface area contributed by atoms with Crippen molar-refractivity contribution < 1.29 is 18.7 Å². The molecule has 7 nitrogen and oxygen atoms in total. The molecule has 3 aromatic carbocycles. The van der Waals surface area contributed by atoms with Crippen molar-refractivity contribution in [3.05, 3.63) is 106 Å². The fraction of sp³-hybridized carbons (Fsp3) is 0.161. The number of benzene rings is 3. The summed E-state index contributed by atoms with van der Waals surface area (Å²) in [5, 5.41) is 3.90. The highest BCUT2D eigenvalue weighted by atomic mass is 35.5. The maximum Gasteiger partial charge on any atom is 0.253 e. The SMILES string of the molecule is COc1ccc(C(=O)N2CCN(c3ccc(NC(=O)/C=C/c4ccc(-c5ccc(Cl)cc5Cl)o4)cc3)CC2)cc1. The van der Waals surface area contributed by atoms with Crippen molar-refractivity contribution in [2.75, 3.05) is 43.5 Å². The predicted octanol–water partition coefficient (Wildman–Crippen LogP) is 6.88. The van der Waals surface area contributed by atoms with E-state index in [4.69, 9.17) is 32.4 Å². The maximum atomic E-state index is 12.8. The quantitative estimate of drug-likeness (QED) is 0.243. The molecule has 0 unspecified atom stereocenters. The van der Waals surface area contributed by atoms with E-state index in [2.05, 4.69) is 10.2 Å². The second-order valence-electron chi connectivity index (χ2n) is 9.20. The molecule has 204 valence electrons. The van der Waals surface area contributed by atoms with Gasteiger partial charge in [0.05, 0.1) is 12.1 Å². The lowest BCUT2D eigenvalue weighted by Gasteiger charge is -2.36. The number of anilines is 2. The maximum absolute atomic E-state index is 12.8. The molecule has 1 aliphatic rings. The van der Waals surface area contributed by atoms with Crippen LogP contribution in [0.4, 0.5) is 11.4 Å². The summed E-state index contributed by atoms with van der Waals surface area (Å²) in [5.74, 6) is 1.58. The largest absolute Gasteiger partial charge is 0.497 e. The fourth-order valence-corrected chi connectivity index (χ4v) is 4.96. The van der Waals surface area contributed by atoms with Crippen molar-refractivity contribution in [3.63, 3.8) is 0 Å². The molecule has 0 atom stereocenters. The molecule has 1 N–H and O–H groups in total. The van der Waals surface area contributed by atoms with E-state index < -0.39 is 0 Å². The van der Waals surface area contributed by atoms with Crippen LogP contribution >= 0.6 is 23.2 Å². The zero-order chi connectivity index (χ0) is 28.1. The van der Waals surface area contributed by atoms with Crippen LogP contribution in [0.15, 0.2) is 89.4 Å². The Morgan fingerprint density at radius 3 is 2.30 bits per heavy atom. The van der Waals surface area contributed by atoms with Gasteiger partial charge in [0.1, 0.15) is 17.3 Å². The van der Waals surface area contributed by atoms with Crippen LogP contribution in [0.3, 0.4) is 0 Å². The molecule has 0 spiro atoms. The molecular formula is C31H27Cl2N3O4. The molecule has 1 fully saturated rings. The Balaban J connectivity index is 1.12. The highest BCUT2D eigenvalue weighted by molar-refractivity contribution is 6.36. The molecule has 0 aliphatic carbocycles. The molecule has 2 heterocycles. The number of nitrogens with one attached hydrogen (secondary N) is 1. The van der Waals surface area contributed by atoms with Gasteiger partial charge in [0, 0.05) is 59.8 Å². The Morgan fingerprint density at radius 1 is 0.900 bits per heavy atom. The molecular weight excluding hydrogens is 549 g/mol. The summed E-state index contributed by atoms with van der Waals surface area (Å²) in [7, 11) is 1.60. The van der Waals surface area contributed by atoms with Gasteiger partial charge < -0.3 is 24.3 Å². The van der Waals surface area contributed by atoms with Crippen LogP contribution in [0.1, 0.15) is 16.1 Å². The number of piperazine rings is 1. The van der Waals surface area contributed by atoms with Crippen molar-refractivity contribution in [1.82, 2.24) is 4.90 Å². The minimum atomic E-state index is -0.277. The minimum absolute atomic E-state index is 0.0213. The van der Waals surface area contributed by atoms with E-state index in [9.17, 15) is 9.59 Å². The van der Waals surface area contributed by atoms with Crippen LogP contribution in [0.5, 0.6) is 5.75 Å². The number of rotatable bonds is 7. The highest BCUT2D eigenvalue weighted by Gasteiger charge is 2.22. The van der Waals surface area contributed by atoms with Gasteiger partial charge in [0.2, 0.25) is 5.91 Å². The molecule has 40 heavy (non-hydrogen) atoms. The number of hydrogen-bond donors (Lipinski definition) is 1. The van der Waals surface area contributed by atoms with E-state index in [-0.39, 0.29) is 11.8 Å². The summed E-state index contributed by atoms with van der Waals surface area (Å²) >= 11 is 12.2. The first kappa shape index (κ1) is 27.4. The smallest absolute Gasteiger partial charge is 0.253 e. The molecule has 9 heteroatoms. The second-order valence-corrected chi connectivity index (χ2v) is 10.0. The van der Waals surface area contributed by atoms with E-state index in [0.29, 0.717) is 45.9 Å². The Hall–Kier alpha value is -4.20. The number of amides is 2. The lowest BCUT2D eigenvalue weighted by atomic mass is 10.1. The summed E-state index contributed by atoms with van der Waals surface area (Å²) in [6.45, 7) is 2.71. The zero-order valence-corrected chi connectivity index (χ0v) is 23.3. The lowest BCUT2D eigenvalue weighted by molar-refractivity contribution is -0.111. The molecule has 0 radical (unpaired) electrons. The summed E-state index contributed by atoms with van der Waals surface area (Å²) in [4.78, 5) is 29.4. The van der Waals surface area contributed by atoms with Gasteiger partial charge >= 0.3 is 0 Å². The number of furan rings is 1. The van der Waals surface area contributed by atoms with Crippen molar-refractivity contribution in [2.24, 2.45) is 0 Å². The van der Waals surface area contributed by atoms with E-state index in [1.165, 1.54) is 6.08 Å². The number of halogens is 2. The number of methoxy groups -OCH3 is 1. The minimum Gasteiger partial charge on any atom is -0.497 e. The average Bonchev–Trinajstić information content (AvgIpc) is 3.45. The molecule has 1 saturated heterocycles. The van der Waals surface area contributed by atoms with Crippen LogP contribution in [0, 0.1) is 0 Å². The first-order chi connectivity index (χ1) is 19.4. The second kappa shape index (κ2) is 12.3. The molecule has 1 aromatic heterocycles. The van der Waals surface area contributed by atoms with Crippen molar-refractivity contribution in [1.29, 1.82) is 0 Å². The Morgan fingerprint density at radius 2 is 1.62 bits per heavy atom. The van der Waals surface area contributed by atoms with E-state index in [1.807, 2.05) is 29.2 Å². The zero-order valence-electron chi connectivity index (χ0n) is 21.8. The molecule has 0 bridgehead atoms. The van der Waals surface area contributed by atoms with Crippen molar-refractivity contribution >= 4 is 52.5 Å². The summed E-state index contributed by atoms with van der Waals surface area (Å²) in [6, 6.07) is 23.6. The number of carbonyl (C=O) groups is 2. The first-order valence-electron chi connectivity index (χ1n) is 12.7. The molecule has 0 saturated carbocycles. The molecule has 2 amide bonds. The molecule has 1 aliphatic heterocycles. The number of hydrogen-bond acceptors (Lipinski definition) is 5. The third-order valence-electron chi connectivity index (χ3n) is 6.63. The molecule has 5 rings (SSSR count). The van der Waals surface area contributed by atoms with Crippen LogP contribution in [-0.2, 0) is 4.79 Å². The monoisotopic (exact) mass is 575 g/mol. The summed E-state index contributed by atoms with van der Waals surface area (Å²) in [5.41, 5.74) is 3.09. The van der Waals surface area contributed by atoms with Gasteiger partial charge in [-0.3, -0.25) is 9.59 Å². The van der Waals surface area contributed by atoms with Gasteiger partial charge in [-0.25, -0.2) is 0 Å². The van der Waals surface area contributed by atoms with Crippen molar-refractivity contribution in [3.8, 4) is 17.1 Å². The van der Waals surface area contributed by atoms with Gasteiger partial charge in [0.25, 0.3) is 5.91 Å². The van der Waals surface area contributed by atoms with Crippen LogP contribution in [-0.4, -0.2) is 50.0 Å². The highest BCUT2D eigenvalue weighted by Crippen LogP contribution is 2.31. The first-order valence-corrected chi connectivity index (χ1v) is 13.5.